The molecule has 0 spiro atoms. The summed E-state index contributed by atoms with van der Waals surface area (Å²) < 4.78 is 5.13. The zero-order chi connectivity index (χ0) is 17.2. The molecule has 2 N–H and O–H groups in total. The molecule has 2 amide bonds. The van der Waals surface area contributed by atoms with Crippen molar-refractivity contribution in [2.45, 2.75) is 39.7 Å². The standard InChI is InChI=1S/C14H25N3O5/c1-11(2)12(19)15-7-6-8-16-17(21-10-9-18)13(20)22-14(3,4)5/h9,16H,1,6-8,10H2,2-5H3,(H,15,19). The third kappa shape index (κ3) is 9.89. The zero-order valence-corrected chi connectivity index (χ0v) is 13.6. The Kier molecular flexibility index (Phi) is 9.04. The number of carbonyl (C=O) groups is 3. The highest BCUT2D eigenvalue weighted by atomic mass is 16.8. The number of hydrogen-bond donors (Lipinski definition) is 2. The van der Waals surface area contributed by atoms with Gasteiger partial charge in [-0.2, -0.15) is 0 Å². The van der Waals surface area contributed by atoms with Crippen molar-refractivity contribution < 1.29 is 24.0 Å². The molecular formula is C14H25N3O5. The molecule has 8 nitrogen and oxygen atoms in total. The fourth-order valence-electron chi connectivity index (χ4n) is 1.19. The van der Waals surface area contributed by atoms with Crippen molar-refractivity contribution in [2.24, 2.45) is 0 Å². The molecule has 0 atom stereocenters. The van der Waals surface area contributed by atoms with Gasteiger partial charge in [-0.05, 0) is 34.1 Å². The molecule has 0 aromatic heterocycles. The highest BCUT2D eigenvalue weighted by Gasteiger charge is 2.22. The zero-order valence-electron chi connectivity index (χ0n) is 13.6. The van der Waals surface area contributed by atoms with Crippen LogP contribution in [0.25, 0.3) is 0 Å². The first-order valence-corrected chi connectivity index (χ1v) is 6.94. The van der Waals surface area contributed by atoms with E-state index in [2.05, 4.69) is 17.3 Å². The molecule has 0 rings (SSSR count). The summed E-state index contributed by atoms with van der Waals surface area (Å²) >= 11 is 0. The van der Waals surface area contributed by atoms with Crippen LogP contribution < -0.4 is 10.7 Å². The van der Waals surface area contributed by atoms with Gasteiger partial charge in [0.25, 0.3) is 0 Å². The summed E-state index contributed by atoms with van der Waals surface area (Å²) in [6, 6.07) is 0. The Hall–Kier alpha value is -1.93. The van der Waals surface area contributed by atoms with Crippen LogP contribution in [-0.2, 0) is 19.2 Å². The van der Waals surface area contributed by atoms with Gasteiger partial charge in [0.05, 0.1) is 0 Å². The van der Waals surface area contributed by atoms with Crippen molar-refractivity contribution in [3.05, 3.63) is 12.2 Å². The lowest BCUT2D eigenvalue weighted by Gasteiger charge is -2.26. The van der Waals surface area contributed by atoms with Gasteiger partial charge >= 0.3 is 6.09 Å². The SMILES string of the molecule is C=C(C)C(=O)NCCCNN(OCC=O)C(=O)OC(C)(C)C. The molecule has 0 aromatic carbocycles. The Bertz CT molecular complexity index is 404. The maximum atomic E-state index is 11.8. The lowest BCUT2D eigenvalue weighted by molar-refractivity contribution is -0.177. The second kappa shape index (κ2) is 9.91. The quantitative estimate of drug-likeness (QED) is 0.284. The number of carbonyl (C=O) groups excluding carboxylic acids is 3. The highest BCUT2D eigenvalue weighted by Crippen LogP contribution is 2.09. The average molecular weight is 315 g/mol. The molecule has 0 fully saturated rings. The molecule has 0 aliphatic carbocycles. The molecular weight excluding hydrogens is 290 g/mol. The topological polar surface area (TPSA) is 97.0 Å². The van der Waals surface area contributed by atoms with Crippen LogP contribution in [0.5, 0.6) is 0 Å². The Labute approximate surface area is 130 Å². The molecule has 0 bridgehead atoms. The molecule has 8 heteroatoms. The van der Waals surface area contributed by atoms with E-state index < -0.39 is 11.7 Å². The first kappa shape index (κ1) is 20.1. The summed E-state index contributed by atoms with van der Waals surface area (Å²) in [5.41, 5.74) is 2.43. The van der Waals surface area contributed by atoms with Crippen molar-refractivity contribution in [3.8, 4) is 0 Å². The second-order valence-corrected chi connectivity index (χ2v) is 5.54. The number of hydroxylamine groups is 1. The van der Waals surface area contributed by atoms with E-state index in [0.29, 0.717) is 31.4 Å². The average Bonchev–Trinajstić information content (AvgIpc) is 2.39. The van der Waals surface area contributed by atoms with Gasteiger partial charge < -0.3 is 14.8 Å². The number of aldehydes is 1. The van der Waals surface area contributed by atoms with Crippen LogP contribution >= 0.6 is 0 Å². The minimum atomic E-state index is -0.750. The lowest BCUT2D eigenvalue weighted by Crippen LogP contribution is -2.46. The van der Waals surface area contributed by atoms with Gasteiger partial charge in [0, 0.05) is 18.7 Å². The second-order valence-electron chi connectivity index (χ2n) is 5.54. The van der Waals surface area contributed by atoms with E-state index in [-0.39, 0.29) is 12.5 Å². The van der Waals surface area contributed by atoms with E-state index in [4.69, 9.17) is 9.57 Å². The number of rotatable bonds is 9. The normalized spacial score (nSPS) is 10.7. The molecule has 0 aliphatic rings. The van der Waals surface area contributed by atoms with Crippen molar-refractivity contribution >= 4 is 18.3 Å². The molecule has 0 aliphatic heterocycles. The molecule has 0 heterocycles. The molecule has 0 saturated carbocycles. The number of amides is 2. The van der Waals surface area contributed by atoms with Gasteiger partial charge in [0.2, 0.25) is 5.91 Å². The Morgan fingerprint density at radius 2 is 1.91 bits per heavy atom. The van der Waals surface area contributed by atoms with Crippen molar-refractivity contribution in [1.82, 2.24) is 15.9 Å². The van der Waals surface area contributed by atoms with Gasteiger partial charge in [0.15, 0.2) is 0 Å². The fourth-order valence-corrected chi connectivity index (χ4v) is 1.19. The predicted octanol–water partition coefficient (Wildman–Crippen LogP) is 0.941. The number of hydrogen-bond acceptors (Lipinski definition) is 6. The Morgan fingerprint density at radius 1 is 1.27 bits per heavy atom. The summed E-state index contributed by atoms with van der Waals surface area (Å²) in [6.07, 6.45) is 0.315. The molecule has 22 heavy (non-hydrogen) atoms. The minimum Gasteiger partial charge on any atom is -0.441 e. The van der Waals surface area contributed by atoms with Gasteiger partial charge in [-0.3, -0.25) is 4.79 Å². The lowest BCUT2D eigenvalue weighted by atomic mass is 10.2. The number of nitrogens with zero attached hydrogens (tertiary/aromatic N) is 1. The van der Waals surface area contributed by atoms with E-state index in [1.807, 2.05) is 0 Å². The first-order valence-electron chi connectivity index (χ1n) is 6.94. The van der Waals surface area contributed by atoms with Gasteiger partial charge in [-0.15, -0.1) is 5.17 Å². The van der Waals surface area contributed by atoms with Gasteiger partial charge in [-0.25, -0.2) is 15.1 Å². The fraction of sp³-hybridized carbons (Fsp3) is 0.643. The van der Waals surface area contributed by atoms with Crippen LogP contribution in [0.2, 0.25) is 0 Å². The molecule has 0 aromatic rings. The van der Waals surface area contributed by atoms with Crippen LogP contribution in [0.15, 0.2) is 12.2 Å². The van der Waals surface area contributed by atoms with Crippen molar-refractivity contribution in [1.29, 1.82) is 0 Å². The van der Waals surface area contributed by atoms with Crippen LogP contribution in [0.1, 0.15) is 34.1 Å². The Balaban J connectivity index is 4.19. The predicted molar refractivity (Wildman–Crippen MR) is 80.5 cm³/mol. The summed E-state index contributed by atoms with van der Waals surface area (Å²) in [4.78, 5) is 38.4. The minimum absolute atomic E-state index is 0.221. The summed E-state index contributed by atoms with van der Waals surface area (Å²) in [6.45, 7) is 10.8. The van der Waals surface area contributed by atoms with E-state index in [1.165, 1.54) is 0 Å². The van der Waals surface area contributed by atoms with E-state index >= 15 is 0 Å². The van der Waals surface area contributed by atoms with Crippen LogP contribution in [0.3, 0.4) is 0 Å². The first-order chi connectivity index (χ1) is 10.2. The number of nitrogens with one attached hydrogen (secondary N) is 2. The molecule has 0 saturated heterocycles. The largest absolute Gasteiger partial charge is 0.450 e. The van der Waals surface area contributed by atoms with Crippen LogP contribution in [0.4, 0.5) is 4.79 Å². The van der Waals surface area contributed by atoms with E-state index in [0.717, 1.165) is 5.17 Å². The smallest absolute Gasteiger partial charge is 0.441 e. The summed E-state index contributed by atoms with van der Waals surface area (Å²) in [5.74, 6) is -0.221. The van der Waals surface area contributed by atoms with E-state index in [1.54, 1.807) is 27.7 Å². The maximum absolute atomic E-state index is 11.8. The number of ether oxygens (including phenoxy) is 1. The van der Waals surface area contributed by atoms with Crippen molar-refractivity contribution in [3.63, 3.8) is 0 Å². The molecule has 126 valence electrons. The van der Waals surface area contributed by atoms with Gasteiger partial charge in [-0.1, -0.05) is 6.58 Å². The van der Waals surface area contributed by atoms with Crippen LogP contribution in [0, 0.1) is 0 Å². The molecule has 0 unspecified atom stereocenters. The third-order valence-electron chi connectivity index (χ3n) is 2.11. The monoisotopic (exact) mass is 315 g/mol. The third-order valence-corrected chi connectivity index (χ3v) is 2.11. The van der Waals surface area contributed by atoms with Crippen LogP contribution in [-0.4, -0.2) is 48.8 Å². The summed E-state index contributed by atoms with van der Waals surface area (Å²) in [7, 11) is 0. The summed E-state index contributed by atoms with van der Waals surface area (Å²) in [5, 5.41) is 3.43. The van der Waals surface area contributed by atoms with Crippen molar-refractivity contribution in [2.75, 3.05) is 19.7 Å². The van der Waals surface area contributed by atoms with Gasteiger partial charge in [0.1, 0.15) is 18.5 Å². The number of hydrazine groups is 1. The maximum Gasteiger partial charge on any atom is 0.450 e. The molecule has 0 radical (unpaired) electrons. The van der Waals surface area contributed by atoms with E-state index in [9.17, 15) is 14.4 Å². The Morgan fingerprint density at radius 3 is 2.41 bits per heavy atom. The highest BCUT2D eigenvalue weighted by molar-refractivity contribution is 5.91.